The van der Waals surface area contributed by atoms with Crippen LogP contribution in [0.4, 0.5) is 10.5 Å². The minimum absolute atomic E-state index is 0.0427. The molecule has 0 fully saturated rings. The van der Waals surface area contributed by atoms with E-state index in [0.717, 1.165) is 36.3 Å². The number of ether oxygens (including phenoxy) is 1. The third-order valence-corrected chi connectivity index (χ3v) is 6.04. The van der Waals surface area contributed by atoms with E-state index in [0.29, 0.717) is 5.56 Å². The van der Waals surface area contributed by atoms with Crippen molar-refractivity contribution in [2.45, 2.75) is 32.6 Å². The maximum Gasteiger partial charge on any atom is 0.349 e. The highest BCUT2D eigenvalue weighted by Gasteiger charge is 2.21. The molecule has 180 valence electrons. The summed E-state index contributed by atoms with van der Waals surface area (Å²) in [5.74, 6) is -0.406. The molecule has 0 aliphatic heterocycles. The predicted octanol–water partition coefficient (Wildman–Crippen LogP) is 5.09. The molecule has 9 nitrogen and oxygen atoms in total. The van der Waals surface area contributed by atoms with Crippen molar-refractivity contribution < 1.29 is 14.3 Å². The maximum absolute atomic E-state index is 12.2. The number of amides is 3. The number of carbonyl (C=O) groups is 2. The first-order chi connectivity index (χ1) is 16.8. The molecule has 2 N–H and O–H groups in total. The fraction of sp³-hybridized carbons (Fsp3) is 0.208. The summed E-state index contributed by atoms with van der Waals surface area (Å²) in [6.07, 6.45) is 4.28. The Hall–Kier alpha value is -3.69. The Morgan fingerprint density at radius 2 is 1.80 bits per heavy atom. The van der Waals surface area contributed by atoms with Gasteiger partial charge in [0.05, 0.1) is 21.3 Å². The third-order valence-electron chi connectivity index (χ3n) is 5.48. The molecule has 1 heterocycles. The van der Waals surface area contributed by atoms with Crippen molar-refractivity contribution in [3.8, 4) is 22.8 Å². The number of hydrogen-bond acceptors (Lipinski definition) is 6. The molecule has 0 radical (unpaired) electrons. The lowest BCUT2D eigenvalue weighted by molar-refractivity contribution is -0.117. The summed E-state index contributed by atoms with van der Waals surface area (Å²) in [7, 11) is 0. The Morgan fingerprint density at radius 3 is 2.46 bits per heavy atom. The highest BCUT2D eigenvalue weighted by molar-refractivity contribution is 6.37. The van der Waals surface area contributed by atoms with Crippen LogP contribution in [0.15, 0.2) is 46.3 Å². The van der Waals surface area contributed by atoms with Gasteiger partial charge in [0.2, 0.25) is 11.8 Å². The van der Waals surface area contributed by atoms with Crippen molar-refractivity contribution in [2.24, 2.45) is 5.10 Å². The Bertz CT molecular complexity index is 1370. The highest BCUT2D eigenvalue weighted by Crippen LogP contribution is 2.41. The molecule has 0 saturated heterocycles. The van der Waals surface area contributed by atoms with Crippen LogP contribution in [0.5, 0.6) is 11.6 Å². The van der Waals surface area contributed by atoms with Gasteiger partial charge < -0.3 is 4.74 Å². The molecule has 0 atom stereocenters. The smallest absolute Gasteiger partial charge is 0.349 e. The summed E-state index contributed by atoms with van der Waals surface area (Å²) in [5, 5.41) is 13.1. The SMILES string of the molecule is C=NN(C(=O)NC(C)=O)c1cc(Cl)c(Oc2n[nH]c(=O)cc2-c2ccc3c(c2)CCCC3)c(Cl)c1. The van der Waals surface area contributed by atoms with Gasteiger partial charge in [0.25, 0.3) is 5.56 Å². The Kier molecular flexibility index (Phi) is 7.18. The summed E-state index contributed by atoms with van der Waals surface area (Å²) in [6.45, 7) is 4.53. The van der Waals surface area contributed by atoms with E-state index in [-0.39, 0.29) is 32.9 Å². The van der Waals surface area contributed by atoms with Gasteiger partial charge in [0.1, 0.15) is 0 Å². The van der Waals surface area contributed by atoms with Crippen molar-refractivity contribution in [3.05, 3.63) is 67.9 Å². The molecule has 0 spiro atoms. The fourth-order valence-corrected chi connectivity index (χ4v) is 4.46. The van der Waals surface area contributed by atoms with Crippen molar-refractivity contribution in [1.29, 1.82) is 0 Å². The van der Waals surface area contributed by atoms with Gasteiger partial charge >= 0.3 is 6.03 Å². The Balaban J connectivity index is 1.70. The minimum Gasteiger partial charge on any atom is -0.434 e. The molecule has 1 aromatic heterocycles. The fourth-order valence-electron chi connectivity index (χ4n) is 3.91. The summed E-state index contributed by atoms with van der Waals surface area (Å²) in [5.41, 5.74) is 3.57. The first-order valence-corrected chi connectivity index (χ1v) is 11.5. The zero-order chi connectivity index (χ0) is 25.1. The van der Waals surface area contributed by atoms with Crippen LogP contribution in [0.2, 0.25) is 10.0 Å². The van der Waals surface area contributed by atoms with E-state index in [2.05, 4.69) is 33.4 Å². The molecule has 4 rings (SSSR count). The summed E-state index contributed by atoms with van der Waals surface area (Å²) in [6, 6.07) is 9.37. The second-order valence-corrected chi connectivity index (χ2v) is 8.74. The van der Waals surface area contributed by atoms with E-state index >= 15 is 0 Å². The molecule has 35 heavy (non-hydrogen) atoms. The monoisotopic (exact) mass is 513 g/mol. The van der Waals surface area contributed by atoms with Crippen LogP contribution < -0.4 is 20.6 Å². The van der Waals surface area contributed by atoms with E-state index in [1.807, 2.05) is 12.1 Å². The summed E-state index contributed by atoms with van der Waals surface area (Å²) >= 11 is 12.8. The molecule has 0 saturated carbocycles. The predicted molar refractivity (Wildman–Crippen MR) is 135 cm³/mol. The zero-order valence-electron chi connectivity index (χ0n) is 18.7. The molecule has 2 aromatic carbocycles. The second kappa shape index (κ2) is 10.3. The van der Waals surface area contributed by atoms with Crippen LogP contribution in [0.25, 0.3) is 11.1 Å². The first kappa shape index (κ1) is 24.4. The van der Waals surface area contributed by atoms with Crippen LogP contribution >= 0.6 is 23.2 Å². The van der Waals surface area contributed by atoms with Gasteiger partial charge in [0.15, 0.2) is 5.75 Å². The molecular weight excluding hydrogens is 493 g/mol. The Labute approximate surface area is 210 Å². The second-order valence-electron chi connectivity index (χ2n) is 7.92. The number of halogens is 2. The summed E-state index contributed by atoms with van der Waals surface area (Å²) in [4.78, 5) is 35.5. The third kappa shape index (κ3) is 5.36. The van der Waals surface area contributed by atoms with Crippen molar-refractivity contribution >= 4 is 47.5 Å². The molecule has 1 aliphatic carbocycles. The number of aromatic nitrogens is 2. The molecule has 3 aromatic rings. The quantitative estimate of drug-likeness (QED) is 0.363. The van der Waals surface area contributed by atoms with Gasteiger partial charge in [-0.2, -0.15) is 10.1 Å². The minimum atomic E-state index is -0.828. The number of hydrazone groups is 1. The van der Waals surface area contributed by atoms with Crippen LogP contribution in [-0.4, -0.2) is 28.9 Å². The molecule has 11 heteroatoms. The number of anilines is 1. The molecule has 0 bridgehead atoms. The number of nitrogens with one attached hydrogen (secondary N) is 2. The first-order valence-electron chi connectivity index (χ1n) is 10.7. The topological polar surface area (TPSA) is 117 Å². The van der Waals surface area contributed by atoms with Crippen LogP contribution in [0.1, 0.15) is 30.9 Å². The highest BCUT2D eigenvalue weighted by atomic mass is 35.5. The number of H-pyrrole nitrogens is 1. The molecule has 0 unspecified atom stereocenters. The van der Waals surface area contributed by atoms with Gasteiger partial charge in [-0.05, 0) is 54.5 Å². The number of carbonyl (C=O) groups excluding carboxylic acids is 2. The number of aryl methyl sites for hydroxylation is 2. The normalized spacial score (nSPS) is 12.4. The Morgan fingerprint density at radius 1 is 1.11 bits per heavy atom. The van der Waals surface area contributed by atoms with E-state index in [1.54, 1.807) is 0 Å². The number of hydrogen-bond donors (Lipinski definition) is 2. The average Bonchev–Trinajstić information content (AvgIpc) is 2.82. The lowest BCUT2D eigenvalue weighted by atomic mass is 9.89. The van der Waals surface area contributed by atoms with E-state index < -0.39 is 11.9 Å². The number of urea groups is 1. The lowest BCUT2D eigenvalue weighted by Gasteiger charge is -2.19. The van der Waals surface area contributed by atoms with Gasteiger partial charge in [0, 0.05) is 19.7 Å². The number of nitrogens with zero attached hydrogens (tertiary/aromatic N) is 3. The molecule has 1 aliphatic rings. The standard InChI is InChI=1S/C24H21Cl2N5O4/c1-13(32)28-24(34)31(27-2)17-10-19(25)22(20(26)11-17)35-23-18(12-21(33)29-30-23)16-8-7-14-5-3-4-6-15(14)9-16/h7-12H,2-6H2,1H3,(H,29,33)(H,28,32,34). The van der Waals surface area contributed by atoms with Crippen molar-refractivity contribution in [1.82, 2.24) is 15.5 Å². The zero-order valence-corrected chi connectivity index (χ0v) is 20.2. The van der Waals surface area contributed by atoms with E-state index in [9.17, 15) is 14.4 Å². The largest absolute Gasteiger partial charge is 0.434 e. The average molecular weight is 514 g/mol. The lowest BCUT2D eigenvalue weighted by Crippen LogP contribution is -2.39. The van der Waals surface area contributed by atoms with Crippen LogP contribution in [0, 0.1) is 0 Å². The number of benzene rings is 2. The number of rotatable bonds is 5. The van der Waals surface area contributed by atoms with Crippen molar-refractivity contribution in [3.63, 3.8) is 0 Å². The van der Waals surface area contributed by atoms with Gasteiger partial charge in [-0.25, -0.2) is 9.89 Å². The number of fused-ring (bicyclic) bond motifs is 1. The number of aromatic amines is 1. The summed E-state index contributed by atoms with van der Waals surface area (Å²) < 4.78 is 5.95. The van der Waals surface area contributed by atoms with Gasteiger partial charge in [-0.15, -0.1) is 5.10 Å². The van der Waals surface area contributed by atoms with Crippen LogP contribution in [-0.2, 0) is 17.6 Å². The van der Waals surface area contributed by atoms with E-state index in [1.165, 1.54) is 36.2 Å². The van der Waals surface area contributed by atoms with E-state index in [4.69, 9.17) is 27.9 Å². The van der Waals surface area contributed by atoms with Crippen LogP contribution in [0.3, 0.4) is 0 Å². The van der Waals surface area contributed by atoms with Gasteiger partial charge in [-0.1, -0.05) is 41.4 Å². The van der Waals surface area contributed by atoms with Gasteiger partial charge in [-0.3, -0.25) is 14.9 Å². The van der Waals surface area contributed by atoms with Crippen molar-refractivity contribution in [2.75, 3.05) is 5.01 Å². The maximum atomic E-state index is 12.2. The molecule has 3 amide bonds. The molecular formula is C24H21Cl2N5O4. The number of imide groups is 1.